The highest BCUT2D eigenvalue weighted by molar-refractivity contribution is 4.85. The van der Waals surface area contributed by atoms with Gasteiger partial charge in [0.15, 0.2) is 0 Å². The predicted molar refractivity (Wildman–Crippen MR) is 55.3 cm³/mol. The molecule has 1 heterocycles. The Morgan fingerprint density at radius 3 is 2.53 bits per heavy atom. The van der Waals surface area contributed by atoms with Crippen LogP contribution in [0.15, 0.2) is 0 Å². The minimum Gasteiger partial charge on any atom is -0.392 e. The van der Waals surface area contributed by atoms with Gasteiger partial charge in [0.2, 0.25) is 6.36 Å². The van der Waals surface area contributed by atoms with E-state index in [-0.39, 0.29) is 18.2 Å². The Morgan fingerprint density at radius 2 is 1.80 bits per heavy atom. The van der Waals surface area contributed by atoms with Crippen molar-refractivity contribution >= 4 is 0 Å². The molecule has 88 valence electrons. The summed E-state index contributed by atoms with van der Waals surface area (Å²) in [6, 6.07) is -0.166. The highest BCUT2D eigenvalue weighted by Gasteiger charge is 2.31. The quantitative estimate of drug-likeness (QED) is 0.733. The number of hydrogen-bond donors (Lipinski definition) is 2. The maximum absolute atomic E-state index is 13.4. The largest absolute Gasteiger partial charge is 0.392 e. The maximum atomic E-state index is 13.4. The van der Waals surface area contributed by atoms with Gasteiger partial charge in [-0.05, 0) is 25.7 Å². The van der Waals surface area contributed by atoms with Crippen LogP contribution in [0.2, 0.25) is 0 Å². The number of nitrogens with one attached hydrogen (secondary N) is 1. The van der Waals surface area contributed by atoms with Gasteiger partial charge in [0.25, 0.3) is 0 Å². The number of ether oxygens (including phenoxy) is 1. The summed E-state index contributed by atoms with van der Waals surface area (Å²) in [5.41, 5.74) is 0. The first-order chi connectivity index (χ1) is 7.27. The second-order valence-electron chi connectivity index (χ2n) is 4.60. The van der Waals surface area contributed by atoms with E-state index < -0.39 is 6.36 Å². The molecule has 1 saturated carbocycles. The number of hydrogen-bond acceptors (Lipinski definition) is 3. The van der Waals surface area contributed by atoms with Crippen LogP contribution in [-0.2, 0) is 4.74 Å². The molecule has 0 spiro atoms. The summed E-state index contributed by atoms with van der Waals surface area (Å²) in [6.45, 7) is 0.520. The standard InChI is InChI=1S/C11H20FNO2/c12-11-9(5-3-7-15-11)13-8-4-1-2-6-10(8)14/h8-11,13-14H,1-7H2. The topological polar surface area (TPSA) is 41.5 Å². The lowest BCUT2D eigenvalue weighted by Gasteiger charge is -2.35. The van der Waals surface area contributed by atoms with Gasteiger partial charge in [0.05, 0.1) is 18.8 Å². The van der Waals surface area contributed by atoms with Gasteiger partial charge < -0.3 is 15.2 Å². The molecule has 2 fully saturated rings. The number of rotatable bonds is 2. The fraction of sp³-hybridized carbons (Fsp3) is 1.00. The second-order valence-corrected chi connectivity index (χ2v) is 4.60. The second kappa shape index (κ2) is 5.23. The van der Waals surface area contributed by atoms with Gasteiger partial charge in [-0.15, -0.1) is 0 Å². The SMILES string of the molecule is OC1CCCCC1NC1CCCOC1F. The van der Waals surface area contributed by atoms with E-state index in [1.54, 1.807) is 0 Å². The van der Waals surface area contributed by atoms with E-state index in [4.69, 9.17) is 4.74 Å². The third kappa shape index (κ3) is 2.89. The summed E-state index contributed by atoms with van der Waals surface area (Å²) in [5.74, 6) is 0. The van der Waals surface area contributed by atoms with Gasteiger partial charge >= 0.3 is 0 Å². The Balaban J connectivity index is 1.83. The molecule has 0 amide bonds. The molecule has 3 nitrogen and oxygen atoms in total. The van der Waals surface area contributed by atoms with Crippen molar-refractivity contribution in [2.24, 2.45) is 0 Å². The van der Waals surface area contributed by atoms with Crippen LogP contribution in [0.25, 0.3) is 0 Å². The Bertz CT molecular complexity index is 183. The van der Waals surface area contributed by atoms with Crippen LogP contribution in [0.1, 0.15) is 38.5 Å². The van der Waals surface area contributed by atoms with Gasteiger partial charge in [-0.2, -0.15) is 0 Å². The lowest BCUT2D eigenvalue weighted by molar-refractivity contribution is -0.0957. The average Bonchev–Trinajstić information content (AvgIpc) is 2.24. The van der Waals surface area contributed by atoms with Crippen LogP contribution in [0.3, 0.4) is 0 Å². The summed E-state index contributed by atoms with van der Waals surface area (Å²) in [5, 5.41) is 13.0. The molecule has 4 atom stereocenters. The van der Waals surface area contributed by atoms with Crippen molar-refractivity contribution in [3.05, 3.63) is 0 Å². The van der Waals surface area contributed by atoms with E-state index >= 15 is 0 Å². The van der Waals surface area contributed by atoms with Crippen LogP contribution >= 0.6 is 0 Å². The first-order valence-electron chi connectivity index (χ1n) is 5.97. The molecule has 4 heteroatoms. The molecular weight excluding hydrogens is 197 g/mol. The van der Waals surface area contributed by atoms with Crippen molar-refractivity contribution in [2.75, 3.05) is 6.61 Å². The molecule has 2 N–H and O–H groups in total. The summed E-state index contributed by atoms with van der Waals surface area (Å²) in [7, 11) is 0. The highest BCUT2D eigenvalue weighted by Crippen LogP contribution is 2.22. The molecular formula is C11H20FNO2. The molecule has 1 aliphatic carbocycles. The maximum Gasteiger partial charge on any atom is 0.214 e. The first-order valence-corrected chi connectivity index (χ1v) is 5.97. The predicted octanol–water partition coefficient (Wildman–Crippen LogP) is 1.35. The van der Waals surface area contributed by atoms with E-state index in [1.807, 2.05) is 0 Å². The fourth-order valence-corrected chi connectivity index (χ4v) is 2.49. The van der Waals surface area contributed by atoms with Crippen LogP contribution in [0.5, 0.6) is 0 Å². The zero-order chi connectivity index (χ0) is 10.7. The highest BCUT2D eigenvalue weighted by atomic mass is 19.1. The lowest BCUT2D eigenvalue weighted by Crippen LogP contribution is -2.52. The Hall–Kier alpha value is -0.190. The molecule has 4 unspecified atom stereocenters. The van der Waals surface area contributed by atoms with E-state index in [2.05, 4.69) is 5.32 Å². The van der Waals surface area contributed by atoms with Gasteiger partial charge in [-0.1, -0.05) is 12.8 Å². The number of aliphatic hydroxyl groups excluding tert-OH is 1. The normalized spacial score (nSPS) is 42.8. The minimum absolute atomic E-state index is 0.0590. The van der Waals surface area contributed by atoms with Gasteiger partial charge in [0, 0.05) is 6.04 Å². The van der Waals surface area contributed by atoms with Gasteiger partial charge in [-0.25, -0.2) is 4.39 Å². The zero-order valence-corrected chi connectivity index (χ0v) is 8.99. The number of halogens is 1. The Labute approximate surface area is 90.0 Å². The molecule has 0 bridgehead atoms. The first kappa shape index (κ1) is 11.3. The molecule has 1 saturated heterocycles. The fourth-order valence-electron chi connectivity index (χ4n) is 2.49. The van der Waals surface area contributed by atoms with Crippen LogP contribution < -0.4 is 5.32 Å². The molecule has 15 heavy (non-hydrogen) atoms. The van der Waals surface area contributed by atoms with E-state index in [0.717, 1.165) is 38.5 Å². The monoisotopic (exact) mass is 217 g/mol. The number of aliphatic hydroxyl groups is 1. The molecule has 0 aromatic rings. The molecule has 2 aliphatic rings. The zero-order valence-electron chi connectivity index (χ0n) is 8.99. The molecule has 0 aromatic heterocycles. The van der Waals surface area contributed by atoms with Crippen molar-refractivity contribution in [3.8, 4) is 0 Å². The summed E-state index contributed by atoms with van der Waals surface area (Å²) >= 11 is 0. The van der Waals surface area contributed by atoms with Crippen molar-refractivity contribution in [1.82, 2.24) is 5.32 Å². The Morgan fingerprint density at radius 1 is 1.07 bits per heavy atom. The minimum atomic E-state index is -1.20. The summed E-state index contributed by atoms with van der Waals surface area (Å²) < 4.78 is 18.3. The summed E-state index contributed by atoms with van der Waals surface area (Å²) in [6.07, 6.45) is 4.19. The third-order valence-electron chi connectivity index (χ3n) is 3.41. The number of alkyl halides is 1. The summed E-state index contributed by atoms with van der Waals surface area (Å²) in [4.78, 5) is 0. The lowest BCUT2D eigenvalue weighted by atomic mass is 9.91. The Kier molecular flexibility index (Phi) is 3.94. The van der Waals surface area contributed by atoms with E-state index in [0.29, 0.717) is 6.61 Å². The molecule has 0 radical (unpaired) electrons. The molecule has 0 aromatic carbocycles. The van der Waals surface area contributed by atoms with E-state index in [1.165, 1.54) is 0 Å². The smallest absolute Gasteiger partial charge is 0.214 e. The average molecular weight is 217 g/mol. The molecule has 2 rings (SSSR count). The van der Waals surface area contributed by atoms with Crippen molar-refractivity contribution in [1.29, 1.82) is 0 Å². The van der Waals surface area contributed by atoms with Crippen molar-refractivity contribution in [2.45, 2.75) is 63.1 Å². The van der Waals surface area contributed by atoms with Crippen molar-refractivity contribution in [3.63, 3.8) is 0 Å². The van der Waals surface area contributed by atoms with Crippen LogP contribution in [0.4, 0.5) is 4.39 Å². The van der Waals surface area contributed by atoms with Crippen molar-refractivity contribution < 1.29 is 14.2 Å². The van der Waals surface area contributed by atoms with E-state index in [9.17, 15) is 9.50 Å². The molecule has 1 aliphatic heterocycles. The van der Waals surface area contributed by atoms with Gasteiger partial charge in [-0.3, -0.25) is 0 Å². The third-order valence-corrected chi connectivity index (χ3v) is 3.41. The van der Waals surface area contributed by atoms with Crippen LogP contribution in [-0.4, -0.2) is 36.3 Å². The van der Waals surface area contributed by atoms with Gasteiger partial charge in [0.1, 0.15) is 0 Å². The van der Waals surface area contributed by atoms with Crippen LogP contribution in [0, 0.1) is 0 Å².